The predicted molar refractivity (Wildman–Crippen MR) is 158 cm³/mol. The van der Waals surface area contributed by atoms with Crippen LogP contribution in [-0.2, 0) is 33.8 Å². The van der Waals surface area contributed by atoms with Crippen molar-refractivity contribution in [3.63, 3.8) is 0 Å². The van der Waals surface area contributed by atoms with E-state index in [-0.39, 0.29) is 47.8 Å². The van der Waals surface area contributed by atoms with E-state index in [1.807, 2.05) is 19.0 Å². The summed E-state index contributed by atoms with van der Waals surface area (Å²) in [5, 5.41) is 68.2. The van der Waals surface area contributed by atoms with Gasteiger partial charge in [-0.2, -0.15) is 0 Å². The summed E-state index contributed by atoms with van der Waals surface area (Å²) in [5.74, 6) is -7.17. The van der Waals surface area contributed by atoms with Crippen LogP contribution in [0.2, 0.25) is 0 Å². The molecule has 13 heteroatoms. The Morgan fingerprint density at radius 3 is 2.39 bits per heavy atom. The summed E-state index contributed by atoms with van der Waals surface area (Å²) in [6.07, 6.45) is 0.503. The minimum atomic E-state index is -2.44. The number of ether oxygens (including phenoxy) is 1. The number of benzene rings is 2. The summed E-state index contributed by atoms with van der Waals surface area (Å²) in [5.41, 5.74) is 5.58. The van der Waals surface area contributed by atoms with Crippen LogP contribution in [-0.4, -0.2) is 92.9 Å². The molecule has 1 aliphatic heterocycles. The van der Waals surface area contributed by atoms with Crippen molar-refractivity contribution < 1.29 is 45.0 Å². The Kier molecular flexibility index (Phi) is 6.67. The third kappa shape index (κ3) is 3.93. The van der Waals surface area contributed by atoms with Crippen molar-refractivity contribution in [3.05, 3.63) is 63.4 Å². The van der Waals surface area contributed by atoms with Gasteiger partial charge in [0.15, 0.2) is 17.1 Å². The van der Waals surface area contributed by atoms with Crippen molar-refractivity contribution >= 4 is 23.1 Å². The molecule has 234 valence electrons. The summed E-state index contributed by atoms with van der Waals surface area (Å²) < 4.78 is 5.71. The second-order valence-electron chi connectivity index (χ2n) is 12.4. The van der Waals surface area contributed by atoms with Crippen molar-refractivity contribution in [2.75, 3.05) is 33.1 Å². The molecule has 9 N–H and O–H groups in total. The number of hydrogen-bond acceptors (Lipinski definition) is 12. The molecular weight excluding hydrogens is 572 g/mol. The standard InChI is InChI=1S/C31H36N4O9/c1-34(2)18-10-15(12-33-11-13-5-6-19(36)20(37)7-13)25(38)22-16(18)8-14-9-17-24(35(3)4)27(40)23(29(32)42)31(43)30(17,44-31)28(41)21(14)26(22)39/h5-7,10,14,17,24,33,36-40,43H,8-9,11-12H2,1-4H3,(H2,32,42)/t14-,17-,24-,30-,31?/m0/s1. The highest BCUT2D eigenvalue weighted by Crippen LogP contribution is 2.67. The van der Waals surface area contributed by atoms with Gasteiger partial charge >= 0.3 is 0 Å². The van der Waals surface area contributed by atoms with Gasteiger partial charge in [-0.1, -0.05) is 6.07 Å². The summed E-state index contributed by atoms with van der Waals surface area (Å²) in [7, 11) is 7.00. The largest absolute Gasteiger partial charge is 0.510 e. The quantitative estimate of drug-likeness (QED) is 0.163. The molecule has 1 amide bonds. The molecule has 6 rings (SSSR count). The number of anilines is 1. The molecule has 1 unspecified atom stereocenters. The molecular formula is C31H36N4O9. The zero-order chi connectivity index (χ0) is 32.0. The van der Waals surface area contributed by atoms with Crippen molar-refractivity contribution in [3.8, 4) is 17.2 Å². The second-order valence-corrected chi connectivity index (χ2v) is 12.4. The third-order valence-corrected chi connectivity index (χ3v) is 9.45. The number of amides is 1. The number of rotatable bonds is 7. The number of carbonyl (C=O) groups excluding carboxylic acids is 2. The summed E-state index contributed by atoms with van der Waals surface area (Å²) in [4.78, 5) is 30.2. The number of likely N-dealkylation sites (N-methyl/N-ethyl adjacent to an activating group) is 1. The van der Waals surface area contributed by atoms with Crippen LogP contribution >= 0.6 is 0 Å². The van der Waals surface area contributed by atoms with E-state index < -0.39 is 58.0 Å². The number of aliphatic hydroxyl groups excluding tert-OH is 2. The molecule has 0 aromatic heterocycles. The molecule has 1 saturated carbocycles. The van der Waals surface area contributed by atoms with Crippen molar-refractivity contribution in [2.45, 2.75) is 43.4 Å². The van der Waals surface area contributed by atoms with Crippen molar-refractivity contribution in [1.82, 2.24) is 10.2 Å². The summed E-state index contributed by atoms with van der Waals surface area (Å²) in [6, 6.07) is 5.38. The van der Waals surface area contributed by atoms with Gasteiger partial charge in [0.1, 0.15) is 22.8 Å². The highest BCUT2D eigenvalue weighted by atomic mass is 16.8. The molecule has 2 aromatic rings. The van der Waals surface area contributed by atoms with Gasteiger partial charge < -0.3 is 51.3 Å². The Balaban J connectivity index is 1.41. The van der Waals surface area contributed by atoms with Crippen LogP contribution < -0.4 is 16.0 Å². The lowest BCUT2D eigenvalue weighted by Gasteiger charge is -2.46. The average molecular weight is 609 g/mol. The lowest BCUT2D eigenvalue weighted by atomic mass is 9.58. The Morgan fingerprint density at radius 2 is 1.77 bits per heavy atom. The minimum Gasteiger partial charge on any atom is -0.510 e. The first-order chi connectivity index (χ1) is 20.7. The van der Waals surface area contributed by atoms with E-state index in [9.17, 15) is 40.2 Å². The maximum atomic E-state index is 14.3. The van der Waals surface area contributed by atoms with E-state index in [0.717, 1.165) is 5.69 Å². The molecule has 2 fully saturated rings. The van der Waals surface area contributed by atoms with Crippen LogP contribution in [0.4, 0.5) is 5.69 Å². The highest BCUT2D eigenvalue weighted by Gasteiger charge is 2.86. The maximum Gasteiger partial charge on any atom is 0.253 e. The maximum absolute atomic E-state index is 14.3. The van der Waals surface area contributed by atoms with Gasteiger partial charge in [0.25, 0.3) is 5.91 Å². The number of nitrogens with one attached hydrogen (secondary N) is 1. The van der Waals surface area contributed by atoms with E-state index in [0.29, 0.717) is 23.2 Å². The molecule has 1 spiro atoms. The van der Waals surface area contributed by atoms with Crippen LogP contribution in [0.15, 0.2) is 41.2 Å². The van der Waals surface area contributed by atoms with Gasteiger partial charge in [0.05, 0.1) is 11.6 Å². The van der Waals surface area contributed by atoms with E-state index in [4.69, 9.17) is 10.5 Å². The van der Waals surface area contributed by atoms with Crippen LogP contribution in [0.25, 0.3) is 5.76 Å². The fourth-order valence-electron chi connectivity index (χ4n) is 7.51. The lowest BCUT2D eigenvalue weighted by Crippen LogP contribution is -2.60. The number of nitrogens with zero attached hydrogens (tertiary/aromatic N) is 2. The smallest absolute Gasteiger partial charge is 0.253 e. The Hall–Kier alpha value is -4.30. The molecule has 0 bridgehead atoms. The van der Waals surface area contributed by atoms with Gasteiger partial charge in [0, 0.05) is 49.9 Å². The fraction of sp³-hybridized carbons (Fsp3) is 0.419. The number of aromatic hydroxyl groups is 3. The van der Waals surface area contributed by atoms with E-state index in [1.54, 1.807) is 31.1 Å². The normalized spacial score (nSPS) is 28.8. The average Bonchev–Trinajstić information content (AvgIpc) is 3.56. The predicted octanol–water partition coefficient (Wildman–Crippen LogP) is 0.888. The van der Waals surface area contributed by atoms with Crippen LogP contribution in [0.3, 0.4) is 0 Å². The number of phenols is 3. The van der Waals surface area contributed by atoms with E-state index in [2.05, 4.69) is 5.32 Å². The van der Waals surface area contributed by atoms with Gasteiger partial charge in [-0.15, -0.1) is 0 Å². The lowest BCUT2D eigenvalue weighted by molar-refractivity contribution is -0.127. The Morgan fingerprint density at radius 1 is 1.07 bits per heavy atom. The number of hydrogen-bond donors (Lipinski definition) is 8. The number of fused-ring (bicyclic) bond motifs is 2. The first-order valence-corrected chi connectivity index (χ1v) is 14.2. The minimum absolute atomic E-state index is 0.0166. The molecule has 1 saturated heterocycles. The van der Waals surface area contributed by atoms with Gasteiger partial charge in [-0.25, -0.2) is 0 Å². The number of carbonyl (C=O) groups is 2. The molecule has 2 aromatic carbocycles. The number of epoxide rings is 1. The monoisotopic (exact) mass is 608 g/mol. The van der Waals surface area contributed by atoms with Crippen molar-refractivity contribution in [1.29, 1.82) is 0 Å². The first-order valence-electron chi connectivity index (χ1n) is 14.2. The molecule has 44 heavy (non-hydrogen) atoms. The summed E-state index contributed by atoms with van der Waals surface area (Å²) >= 11 is 0. The van der Waals surface area contributed by atoms with E-state index >= 15 is 0 Å². The summed E-state index contributed by atoms with van der Waals surface area (Å²) in [6.45, 7) is 0.456. The number of aliphatic hydroxyl groups is 3. The second kappa shape index (κ2) is 9.86. The van der Waals surface area contributed by atoms with Crippen LogP contribution in [0.5, 0.6) is 17.2 Å². The molecule has 0 radical (unpaired) electrons. The first kappa shape index (κ1) is 29.8. The fourth-order valence-corrected chi connectivity index (χ4v) is 7.51. The zero-order valence-electron chi connectivity index (χ0n) is 24.7. The Labute approximate surface area is 253 Å². The molecule has 1 heterocycles. The number of Topliss-reactive ketones (excluding diaryl/α,β-unsaturated/α-hetero) is 1. The third-order valence-electron chi connectivity index (χ3n) is 9.45. The van der Waals surface area contributed by atoms with Gasteiger partial charge in [0.2, 0.25) is 11.6 Å². The Bertz CT molecular complexity index is 1680. The molecule has 4 aliphatic rings. The topological polar surface area (TPSA) is 213 Å². The number of primary amides is 1. The number of phenolic OH excluding ortho intramolecular Hbond substituents is 3. The highest BCUT2D eigenvalue weighted by molar-refractivity contribution is 6.14. The molecule has 3 aliphatic carbocycles. The zero-order valence-corrected chi connectivity index (χ0v) is 24.7. The van der Waals surface area contributed by atoms with Crippen LogP contribution in [0, 0.1) is 11.8 Å². The van der Waals surface area contributed by atoms with E-state index in [1.165, 1.54) is 12.1 Å². The molecule has 13 nitrogen and oxygen atoms in total. The van der Waals surface area contributed by atoms with Gasteiger partial charge in [-0.05, 0) is 62.2 Å². The number of ketones is 1. The SMILES string of the molecule is CN(C)c1cc(CNCc2ccc(O)c(O)c2)c(O)c2c1C[C@H]1C[C@H]3[C@H](N(C)C)C(O)=C(C(N)=O)C4(O)O[C@]34C(=O)C1=C2O. The number of nitrogens with two attached hydrogens (primary N) is 1. The van der Waals surface area contributed by atoms with Crippen LogP contribution in [0.1, 0.15) is 28.7 Å². The van der Waals surface area contributed by atoms with Gasteiger partial charge in [-0.3, -0.25) is 14.5 Å². The molecule has 5 atom stereocenters. The van der Waals surface area contributed by atoms with Crippen molar-refractivity contribution in [2.24, 2.45) is 17.6 Å².